The lowest BCUT2D eigenvalue weighted by Gasteiger charge is -2.40. The monoisotopic (exact) mass is 1400 g/mol. The van der Waals surface area contributed by atoms with Gasteiger partial charge in [0.1, 0.15) is 6.10 Å². The molecule has 34 unspecified atom stereocenters. The maximum absolute atomic E-state index is 12.8. The fraction of sp³-hybridized carbons (Fsp3) is 0.942. The number of carbonyl (C=O) groups is 5. The van der Waals surface area contributed by atoms with Crippen LogP contribution >= 0.6 is 0 Å². The van der Waals surface area contributed by atoms with E-state index in [9.17, 15) is 29.1 Å². The van der Waals surface area contributed by atoms with E-state index in [2.05, 4.69) is 62.3 Å². The highest BCUT2D eigenvalue weighted by Gasteiger charge is 2.65. The number of methoxy groups -OCH3 is 2. The van der Waals surface area contributed by atoms with Gasteiger partial charge in [-0.1, -0.05) is 114 Å². The second-order valence-electron chi connectivity index (χ2n) is 36.1. The molecule has 1 aliphatic heterocycles. The minimum atomic E-state index is -0.914. The molecular weight excluding hydrogens is 1260 g/mol. The minimum Gasteiger partial charge on any atom is -0.469 e. The summed E-state index contributed by atoms with van der Waals surface area (Å²) in [6.07, 6.45) is 29.8. The molecule has 1 N–H and O–H groups in total. The van der Waals surface area contributed by atoms with Crippen molar-refractivity contribution in [1.82, 2.24) is 0 Å². The molecule has 0 amide bonds. The van der Waals surface area contributed by atoms with Crippen molar-refractivity contribution in [2.75, 3.05) is 27.4 Å². The Hall–Kier alpha value is -2.81. The zero-order valence-electron chi connectivity index (χ0n) is 65.9. The quantitative estimate of drug-likeness (QED) is 0.0466. The van der Waals surface area contributed by atoms with Gasteiger partial charge < -0.3 is 43.0 Å². The van der Waals surface area contributed by atoms with Crippen LogP contribution < -0.4 is 0 Å². The smallest absolute Gasteiger partial charge is 0.310 e. The summed E-state index contributed by atoms with van der Waals surface area (Å²) in [5.41, 5.74) is -0.914. The van der Waals surface area contributed by atoms with E-state index >= 15 is 0 Å². The second-order valence-corrected chi connectivity index (χ2v) is 36.1. The van der Waals surface area contributed by atoms with Gasteiger partial charge in [-0.3, -0.25) is 24.0 Å². The highest BCUT2D eigenvalue weighted by molar-refractivity contribution is 5.73. The van der Waals surface area contributed by atoms with Gasteiger partial charge in [-0.15, -0.1) is 0 Å². The van der Waals surface area contributed by atoms with Crippen molar-refractivity contribution in [2.24, 2.45) is 172 Å². The summed E-state index contributed by atoms with van der Waals surface area (Å²) >= 11 is 0. The molecule has 572 valence electrons. The number of ether oxygens (including phenoxy) is 8. The van der Waals surface area contributed by atoms with Crippen molar-refractivity contribution in [3.63, 3.8) is 0 Å². The molecular formula is C86H144O14. The van der Waals surface area contributed by atoms with E-state index in [1.165, 1.54) is 143 Å². The van der Waals surface area contributed by atoms with Crippen LogP contribution in [0.2, 0.25) is 0 Å². The van der Waals surface area contributed by atoms with Gasteiger partial charge in [-0.2, -0.15) is 0 Å². The van der Waals surface area contributed by atoms with Crippen molar-refractivity contribution in [3.05, 3.63) is 0 Å². The Morgan fingerprint density at radius 3 is 1.29 bits per heavy atom. The van der Waals surface area contributed by atoms with Gasteiger partial charge in [-0.05, 0) is 303 Å². The maximum atomic E-state index is 12.8. The molecule has 14 nitrogen and oxygen atoms in total. The number of carbonyl (C=O) groups excluding carboxylic acids is 5. The van der Waals surface area contributed by atoms with Gasteiger partial charge >= 0.3 is 29.8 Å². The Bertz CT molecular complexity index is 2630. The molecule has 8 bridgehead atoms. The summed E-state index contributed by atoms with van der Waals surface area (Å²) < 4.78 is 44.2. The third-order valence-corrected chi connectivity index (χ3v) is 31.0. The molecule has 12 aliphatic carbocycles. The largest absolute Gasteiger partial charge is 0.469 e. The van der Waals surface area contributed by atoms with Crippen LogP contribution in [0.3, 0.4) is 0 Å². The normalized spacial score (nSPS) is 42.5. The first kappa shape index (κ1) is 79.7. The van der Waals surface area contributed by atoms with E-state index in [0.29, 0.717) is 48.5 Å². The summed E-state index contributed by atoms with van der Waals surface area (Å²) in [5, 5.41) is 10.7. The van der Waals surface area contributed by atoms with Crippen molar-refractivity contribution >= 4 is 29.8 Å². The number of esters is 5. The van der Waals surface area contributed by atoms with Gasteiger partial charge in [0.2, 0.25) is 0 Å². The minimum absolute atomic E-state index is 0.0113. The molecule has 0 aromatic carbocycles. The maximum Gasteiger partial charge on any atom is 0.310 e. The van der Waals surface area contributed by atoms with E-state index in [0.717, 1.165) is 169 Å². The molecule has 100 heavy (non-hydrogen) atoms. The van der Waals surface area contributed by atoms with Crippen LogP contribution in [0.5, 0.6) is 0 Å². The van der Waals surface area contributed by atoms with E-state index in [1.54, 1.807) is 6.92 Å². The van der Waals surface area contributed by atoms with Gasteiger partial charge in [0.05, 0.1) is 57.2 Å². The first-order chi connectivity index (χ1) is 47.9. The summed E-state index contributed by atoms with van der Waals surface area (Å²) in [7, 11) is 2.93. The summed E-state index contributed by atoms with van der Waals surface area (Å²) in [6, 6.07) is 0. The zero-order chi connectivity index (χ0) is 72.2. The summed E-state index contributed by atoms with van der Waals surface area (Å²) in [4.78, 5) is 60.2. The van der Waals surface area contributed by atoms with Crippen molar-refractivity contribution < 1.29 is 67.0 Å². The predicted molar refractivity (Wildman–Crippen MR) is 390 cm³/mol. The SMILES string of the molecule is CCC1CC(CC)C2C3CC(CC3C(C)C(=O)OC)C12.CCC1CC(CC)C2C3CC(CC3C(CC(=O)OC(C)C)OC(C)=O)C12.CCC1CC(CC)C2C3CC(CC3CC(C)(O)CC(=O)OC)C12.CCOC(C)OC(=O)CC(OC1CCCCO1)C1CC2CC1C1C(CC)CC(CC)C21. The number of rotatable bonds is 27. The lowest BCUT2D eigenvalue weighted by atomic mass is 9.67. The van der Waals surface area contributed by atoms with Crippen LogP contribution in [-0.4, -0.2) is 98.9 Å². The van der Waals surface area contributed by atoms with Crippen LogP contribution in [0.4, 0.5) is 0 Å². The molecule has 0 spiro atoms. The fourth-order valence-electron chi connectivity index (χ4n) is 27.9. The van der Waals surface area contributed by atoms with Crippen molar-refractivity contribution in [3.8, 4) is 0 Å². The second kappa shape index (κ2) is 35.3. The molecule has 0 aromatic heterocycles. The highest BCUT2D eigenvalue weighted by atomic mass is 16.7. The van der Waals surface area contributed by atoms with Crippen molar-refractivity contribution in [2.45, 2.75) is 314 Å². The molecule has 14 heteroatoms. The third kappa shape index (κ3) is 17.1. The fourth-order valence-corrected chi connectivity index (χ4v) is 27.9. The number of hydrogen-bond donors (Lipinski definition) is 1. The molecule has 13 fully saturated rings. The number of hydrogen-bond acceptors (Lipinski definition) is 14. The molecule has 0 radical (unpaired) electrons. The van der Waals surface area contributed by atoms with Gasteiger partial charge in [0.25, 0.3) is 0 Å². The molecule has 0 aromatic rings. The Labute approximate surface area is 606 Å². The van der Waals surface area contributed by atoms with Crippen LogP contribution in [0.25, 0.3) is 0 Å². The zero-order valence-corrected chi connectivity index (χ0v) is 65.9. The lowest BCUT2D eigenvalue weighted by Crippen LogP contribution is -2.41. The topological polar surface area (TPSA) is 179 Å². The Balaban J connectivity index is 0.000000146. The molecule has 13 rings (SSSR count). The number of aliphatic hydroxyl groups is 1. The average Bonchev–Trinajstić information content (AvgIpc) is 1.60. The van der Waals surface area contributed by atoms with E-state index < -0.39 is 11.9 Å². The standard InChI is InChI=1S/C26H44O5.C22H36O4.C20H34O3.C18H30O2/c1-5-17-12-18(6-2)26-21-14-19(25(17)26)13-20(21)22(31-24-10-8-9-11-29-24)15-23(27)30-16(4)28-7-3;1-6-14-8-15(7-2)22-18-10-16(21(14)22)9-17(18)19(26-13(5)23)11-20(24)25-12(3)4;1-5-12-7-13(6-2)19-16-9-14(18(12)19)8-15(16)10-20(3,22)11-17(21)23-4;1-5-11-7-12(6-2)17-15-9-13(16(11)17)8-14(15)10(3)18(19)20-4/h16-22,24-26H,5-15H2,1-4H3;12,14-19,21-22H,6-11H2,1-5H3;12-16,18-19,22H,5-11H2,1-4H3;10-17H,5-9H2,1-4H3. The van der Waals surface area contributed by atoms with Crippen LogP contribution in [0, 0.1) is 172 Å². The molecule has 34 atom stereocenters. The molecule has 13 aliphatic rings. The third-order valence-electron chi connectivity index (χ3n) is 31.0. The molecule has 12 saturated carbocycles. The Morgan fingerprint density at radius 1 is 0.460 bits per heavy atom. The van der Waals surface area contributed by atoms with Crippen LogP contribution in [-0.2, 0) is 61.9 Å². The Kier molecular flexibility index (Phi) is 28.1. The van der Waals surface area contributed by atoms with Gasteiger partial charge in [0.15, 0.2) is 12.6 Å². The molecule has 1 saturated heterocycles. The Morgan fingerprint density at radius 2 is 0.870 bits per heavy atom. The predicted octanol–water partition coefficient (Wildman–Crippen LogP) is 18.3. The van der Waals surface area contributed by atoms with Gasteiger partial charge in [0, 0.05) is 20.1 Å². The average molecular weight is 1400 g/mol. The van der Waals surface area contributed by atoms with Crippen molar-refractivity contribution in [1.29, 1.82) is 0 Å². The van der Waals surface area contributed by atoms with Crippen LogP contribution in [0.15, 0.2) is 0 Å². The summed E-state index contributed by atoms with van der Waals surface area (Å²) in [6.45, 7) is 33.0. The number of fused-ring (bicyclic) bond motifs is 20. The summed E-state index contributed by atoms with van der Waals surface area (Å²) in [5.74, 6) is 21.6. The lowest BCUT2D eigenvalue weighted by molar-refractivity contribution is -0.212. The van der Waals surface area contributed by atoms with E-state index in [-0.39, 0.29) is 73.2 Å². The first-order valence-electron chi connectivity index (χ1n) is 42.2. The first-order valence-corrected chi connectivity index (χ1v) is 42.2. The molecule has 1 heterocycles. The van der Waals surface area contributed by atoms with E-state index in [1.807, 2.05) is 27.7 Å². The van der Waals surface area contributed by atoms with Crippen LogP contribution in [0.1, 0.15) is 277 Å². The van der Waals surface area contributed by atoms with Gasteiger partial charge in [-0.25, -0.2) is 0 Å². The van der Waals surface area contributed by atoms with E-state index in [4.69, 9.17) is 37.9 Å². The highest BCUT2D eigenvalue weighted by Crippen LogP contribution is 2.71.